The Morgan fingerprint density at radius 2 is 2.00 bits per heavy atom. The third-order valence-electron chi connectivity index (χ3n) is 4.27. The molecular formula is C23H17Cl2N3O2S2. The lowest BCUT2D eigenvalue weighted by Gasteiger charge is -2.08. The summed E-state index contributed by atoms with van der Waals surface area (Å²) < 4.78 is 7.77. The molecule has 0 aliphatic heterocycles. The van der Waals surface area contributed by atoms with Gasteiger partial charge < -0.3 is 4.74 Å². The highest BCUT2D eigenvalue weighted by Gasteiger charge is 2.07. The van der Waals surface area contributed by atoms with Crippen LogP contribution in [0, 0.1) is 0 Å². The first kappa shape index (κ1) is 22.6. The molecule has 1 N–H and O–H groups in total. The number of fused-ring (bicyclic) bond motifs is 1. The quantitative estimate of drug-likeness (QED) is 0.172. The molecule has 32 heavy (non-hydrogen) atoms. The second kappa shape index (κ2) is 10.8. The maximum absolute atomic E-state index is 12.1. The van der Waals surface area contributed by atoms with Crippen LogP contribution in [0.15, 0.2) is 76.2 Å². The average molecular weight is 502 g/mol. The van der Waals surface area contributed by atoms with Crippen LogP contribution in [0.5, 0.6) is 5.75 Å². The van der Waals surface area contributed by atoms with E-state index in [2.05, 4.69) is 15.5 Å². The van der Waals surface area contributed by atoms with Crippen molar-refractivity contribution in [3.8, 4) is 5.75 Å². The molecule has 1 aromatic heterocycles. The fourth-order valence-corrected chi connectivity index (χ4v) is 5.06. The number of carbonyl (C=O) groups is 1. The number of thioether (sulfide) groups is 1. The minimum Gasteiger partial charge on any atom is -0.489 e. The number of aromatic nitrogens is 1. The zero-order valence-electron chi connectivity index (χ0n) is 16.6. The summed E-state index contributed by atoms with van der Waals surface area (Å²) in [7, 11) is 0. The summed E-state index contributed by atoms with van der Waals surface area (Å²) >= 11 is 15.1. The highest BCUT2D eigenvalue weighted by atomic mass is 35.5. The predicted octanol–water partition coefficient (Wildman–Crippen LogP) is 6.42. The maximum atomic E-state index is 12.1. The molecule has 1 amide bonds. The smallest absolute Gasteiger partial charge is 0.250 e. The van der Waals surface area contributed by atoms with Crippen LogP contribution >= 0.6 is 46.3 Å². The number of hydrazone groups is 1. The van der Waals surface area contributed by atoms with Crippen LogP contribution in [-0.2, 0) is 11.4 Å². The molecule has 0 spiro atoms. The molecule has 0 aliphatic carbocycles. The van der Waals surface area contributed by atoms with Crippen molar-refractivity contribution in [3.05, 3.63) is 87.9 Å². The number of carbonyl (C=O) groups excluding carboxylic acids is 1. The fourth-order valence-electron chi connectivity index (χ4n) is 2.74. The first-order chi connectivity index (χ1) is 15.6. The van der Waals surface area contributed by atoms with Gasteiger partial charge >= 0.3 is 0 Å². The van der Waals surface area contributed by atoms with Crippen molar-refractivity contribution in [1.82, 2.24) is 10.4 Å². The second-order valence-corrected chi connectivity index (χ2v) is 9.72. The van der Waals surface area contributed by atoms with E-state index >= 15 is 0 Å². The SMILES string of the molecule is O=C(CSc1nc2ccccc2s1)N/N=C\c1cccc(OCc2ccc(Cl)cc2Cl)c1. The van der Waals surface area contributed by atoms with E-state index in [1.54, 1.807) is 29.7 Å². The zero-order valence-corrected chi connectivity index (χ0v) is 19.8. The molecule has 0 saturated carbocycles. The van der Waals surface area contributed by atoms with Gasteiger partial charge in [-0.2, -0.15) is 5.10 Å². The summed E-state index contributed by atoms with van der Waals surface area (Å²) in [5, 5.41) is 5.17. The van der Waals surface area contributed by atoms with Gasteiger partial charge in [0.15, 0.2) is 4.34 Å². The molecule has 0 aliphatic rings. The first-order valence-corrected chi connectivity index (χ1v) is 12.1. The van der Waals surface area contributed by atoms with Gasteiger partial charge in [-0.1, -0.05) is 65.3 Å². The Morgan fingerprint density at radius 3 is 2.84 bits per heavy atom. The van der Waals surface area contributed by atoms with Crippen molar-refractivity contribution < 1.29 is 9.53 Å². The maximum Gasteiger partial charge on any atom is 0.250 e. The van der Waals surface area contributed by atoms with Crippen molar-refractivity contribution in [3.63, 3.8) is 0 Å². The minimum absolute atomic E-state index is 0.199. The lowest BCUT2D eigenvalue weighted by molar-refractivity contribution is -0.118. The summed E-state index contributed by atoms with van der Waals surface area (Å²) in [6.45, 7) is 0.316. The Labute approximate surface area is 203 Å². The number of halogens is 2. The number of hydrogen-bond donors (Lipinski definition) is 1. The molecule has 3 aromatic carbocycles. The number of amides is 1. The lowest BCUT2D eigenvalue weighted by Crippen LogP contribution is -2.19. The van der Waals surface area contributed by atoms with Crippen molar-refractivity contribution in [2.45, 2.75) is 10.9 Å². The third kappa shape index (κ3) is 6.23. The highest BCUT2D eigenvalue weighted by Crippen LogP contribution is 2.29. The average Bonchev–Trinajstić information content (AvgIpc) is 3.21. The Bertz CT molecular complexity index is 1240. The summed E-state index contributed by atoms with van der Waals surface area (Å²) in [6.07, 6.45) is 1.57. The van der Waals surface area contributed by atoms with Gasteiger partial charge in [-0.15, -0.1) is 11.3 Å². The molecular weight excluding hydrogens is 485 g/mol. The molecule has 0 radical (unpaired) electrons. The molecule has 9 heteroatoms. The number of benzene rings is 3. The normalized spacial score (nSPS) is 11.2. The molecule has 0 bridgehead atoms. The van der Waals surface area contributed by atoms with Gasteiger partial charge in [0.1, 0.15) is 12.4 Å². The van der Waals surface area contributed by atoms with Crippen molar-refractivity contribution in [2.75, 3.05) is 5.75 Å². The van der Waals surface area contributed by atoms with E-state index in [1.165, 1.54) is 11.8 Å². The van der Waals surface area contributed by atoms with E-state index in [-0.39, 0.29) is 11.7 Å². The Kier molecular flexibility index (Phi) is 7.65. The van der Waals surface area contributed by atoms with E-state index in [4.69, 9.17) is 27.9 Å². The van der Waals surface area contributed by atoms with E-state index in [1.807, 2.05) is 54.6 Å². The van der Waals surface area contributed by atoms with Gasteiger partial charge in [-0.3, -0.25) is 4.79 Å². The van der Waals surface area contributed by atoms with Gasteiger partial charge in [0.2, 0.25) is 0 Å². The van der Waals surface area contributed by atoms with Crippen LogP contribution in [0.3, 0.4) is 0 Å². The second-order valence-electron chi connectivity index (χ2n) is 6.63. The van der Waals surface area contributed by atoms with E-state index in [0.717, 1.165) is 25.7 Å². The van der Waals surface area contributed by atoms with Gasteiger partial charge in [0.05, 0.1) is 22.2 Å². The number of ether oxygens (including phenoxy) is 1. The fraction of sp³-hybridized carbons (Fsp3) is 0.0870. The number of hydrogen-bond acceptors (Lipinski definition) is 6. The van der Waals surface area contributed by atoms with Crippen LogP contribution < -0.4 is 10.2 Å². The molecule has 5 nitrogen and oxygen atoms in total. The van der Waals surface area contributed by atoms with Gasteiger partial charge in [0.25, 0.3) is 5.91 Å². The standard InChI is InChI=1S/C23H17Cl2N3O2S2/c24-17-9-8-16(19(25)11-17)13-30-18-5-3-4-15(10-18)12-26-28-22(29)14-31-23-27-20-6-1-2-7-21(20)32-23/h1-12H,13-14H2,(H,28,29)/b26-12-. The third-order valence-corrected chi connectivity index (χ3v) is 7.04. The molecule has 4 aromatic rings. The predicted molar refractivity (Wildman–Crippen MR) is 133 cm³/mol. The molecule has 162 valence electrons. The van der Waals surface area contributed by atoms with Crippen molar-refractivity contribution in [2.24, 2.45) is 5.10 Å². The van der Waals surface area contributed by atoms with E-state index < -0.39 is 0 Å². The van der Waals surface area contributed by atoms with E-state index in [0.29, 0.717) is 22.4 Å². The van der Waals surface area contributed by atoms with Gasteiger partial charge in [-0.25, -0.2) is 10.4 Å². The minimum atomic E-state index is -0.199. The lowest BCUT2D eigenvalue weighted by atomic mass is 10.2. The summed E-state index contributed by atoms with van der Waals surface area (Å²) in [5.41, 5.74) is 5.12. The molecule has 0 saturated heterocycles. The topological polar surface area (TPSA) is 63.6 Å². The highest BCUT2D eigenvalue weighted by molar-refractivity contribution is 8.01. The largest absolute Gasteiger partial charge is 0.489 e. The first-order valence-electron chi connectivity index (χ1n) is 9.54. The Balaban J connectivity index is 1.27. The number of rotatable bonds is 8. The zero-order chi connectivity index (χ0) is 22.3. The van der Waals surface area contributed by atoms with Crippen molar-refractivity contribution >= 4 is 68.6 Å². The molecule has 0 fully saturated rings. The van der Waals surface area contributed by atoms with E-state index in [9.17, 15) is 4.79 Å². The Morgan fingerprint density at radius 1 is 1.12 bits per heavy atom. The van der Waals surface area contributed by atoms with Crippen LogP contribution in [0.25, 0.3) is 10.2 Å². The van der Waals surface area contributed by atoms with Crippen molar-refractivity contribution in [1.29, 1.82) is 0 Å². The summed E-state index contributed by atoms with van der Waals surface area (Å²) in [4.78, 5) is 16.6. The Hall–Kier alpha value is -2.58. The van der Waals surface area contributed by atoms with Crippen LogP contribution in [0.2, 0.25) is 10.0 Å². The number of nitrogens with zero attached hydrogens (tertiary/aromatic N) is 2. The molecule has 0 unspecified atom stereocenters. The van der Waals surface area contributed by atoms with Gasteiger partial charge in [0, 0.05) is 15.6 Å². The molecule has 1 heterocycles. The number of nitrogens with one attached hydrogen (secondary N) is 1. The van der Waals surface area contributed by atoms with Crippen LogP contribution in [0.4, 0.5) is 0 Å². The monoisotopic (exact) mass is 501 g/mol. The molecule has 0 atom stereocenters. The summed E-state index contributed by atoms with van der Waals surface area (Å²) in [6, 6.07) is 20.6. The van der Waals surface area contributed by atoms with Gasteiger partial charge in [-0.05, 0) is 42.0 Å². The van der Waals surface area contributed by atoms with Crippen LogP contribution in [-0.4, -0.2) is 22.9 Å². The number of para-hydroxylation sites is 1. The number of thiazole rings is 1. The summed E-state index contributed by atoms with van der Waals surface area (Å²) in [5.74, 6) is 0.704. The molecule has 4 rings (SSSR count). The van der Waals surface area contributed by atoms with Crippen LogP contribution in [0.1, 0.15) is 11.1 Å².